The molecule has 1 saturated carbocycles. The Labute approximate surface area is 171 Å². The molecule has 3 heterocycles. The highest BCUT2D eigenvalue weighted by Gasteiger charge is 2.30. The number of aromatic nitrogens is 5. The molecule has 0 aliphatic heterocycles. The van der Waals surface area contributed by atoms with E-state index in [0.717, 1.165) is 35.3 Å². The molecule has 0 saturated heterocycles. The predicted octanol–water partition coefficient (Wildman–Crippen LogP) is 2.99. The Morgan fingerprint density at radius 1 is 1.21 bits per heavy atom. The Hall–Kier alpha value is -3.28. The van der Waals surface area contributed by atoms with Gasteiger partial charge in [0, 0.05) is 29.3 Å². The van der Waals surface area contributed by atoms with Crippen LogP contribution >= 0.6 is 11.3 Å². The number of imidazole rings is 1. The molecule has 4 aromatic rings. The Morgan fingerprint density at radius 3 is 2.79 bits per heavy atom. The summed E-state index contributed by atoms with van der Waals surface area (Å²) < 4.78 is 2.04. The molecule has 3 aromatic heterocycles. The molecule has 1 aromatic carbocycles. The molecular weight excluding hydrogens is 384 g/mol. The van der Waals surface area contributed by atoms with Gasteiger partial charge in [0.15, 0.2) is 5.60 Å². The van der Waals surface area contributed by atoms with E-state index >= 15 is 0 Å². The molecule has 0 amide bonds. The van der Waals surface area contributed by atoms with Crippen molar-refractivity contribution >= 4 is 28.3 Å². The van der Waals surface area contributed by atoms with Crippen molar-refractivity contribution < 1.29 is 5.11 Å². The lowest BCUT2D eigenvalue weighted by molar-refractivity contribution is 0.122. The van der Waals surface area contributed by atoms with Crippen molar-refractivity contribution in [1.29, 1.82) is 0 Å². The number of hydrogen-bond acceptors (Lipinski definition) is 7. The predicted molar refractivity (Wildman–Crippen MR) is 112 cm³/mol. The molecule has 1 aliphatic carbocycles. The molecule has 0 radical (unpaired) electrons. The molecule has 0 unspecified atom stereocenters. The van der Waals surface area contributed by atoms with E-state index < -0.39 is 5.60 Å². The van der Waals surface area contributed by atoms with Gasteiger partial charge in [-0.3, -0.25) is 4.57 Å². The van der Waals surface area contributed by atoms with Crippen molar-refractivity contribution in [2.24, 2.45) is 0 Å². The number of thiazole rings is 1. The number of anilines is 1. The fraction of sp³-hybridized carbons (Fsp3) is 0.238. The molecule has 8 heteroatoms. The number of fused-ring (bicyclic) bond motifs is 1. The van der Waals surface area contributed by atoms with Gasteiger partial charge in [-0.1, -0.05) is 11.8 Å². The van der Waals surface area contributed by atoms with Gasteiger partial charge in [0.1, 0.15) is 16.6 Å². The van der Waals surface area contributed by atoms with E-state index in [1.807, 2.05) is 34.2 Å². The normalized spacial score (nSPS) is 15.7. The zero-order valence-electron chi connectivity index (χ0n) is 15.7. The first-order chi connectivity index (χ1) is 14.0. The monoisotopic (exact) mass is 402 g/mol. The number of aliphatic hydroxyl groups is 1. The van der Waals surface area contributed by atoms with Crippen molar-refractivity contribution in [2.45, 2.75) is 31.3 Å². The van der Waals surface area contributed by atoms with E-state index in [9.17, 15) is 5.11 Å². The van der Waals surface area contributed by atoms with Crippen LogP contribution in [0.2, 0.25) is 0 Å². The van der Waals surface area contributed by atoms with E-state index in [-0.39, 0.29) is 5.95 Å². The van der Waals surface area contributed by atoms with Crippen molar-refractivity contribution in [2.75, 3.05) is 5.73 Å². The second-order valence-corrected chi connectivity index (χ2v) is 8.11. The summed E-state index contributed by atoms with van der Waals surface area (Å²) in [5.74, 6) is 8.34. The lowest BCUT2D eigenvalue weighted by Crippen LogP contribution is -2.17. The number of benzene rings is 1. The van der Waals surface area contributed by atoms with Gasteiger partial charge in [-0.2, -0.15) is 4.98 Å². The quantitative estimate of drug-likeness (QED) is 0.511. The van der Waals surface area contributed by atoms with Crippen LogP contribution in [-0.4, -0.2) is 29.6 Å². The molecule has 0 spiro atoms. The second kappa shape index (κ2) is 6.65. The second-order valence-electron chi connectivity index (χ2n) is 7.22. The third kappa shape index (κ3) is 3.35. The number of rotatable bonds is 3. The van der Waals surface area contributed by atoms with E-state index in [4.69, 9.17) is 10.7 Å². The molecule has 7 nitrogen and oxygen atoms in total. The lowest BCUT2D eigenvalue weighted by Gasteiger charge is -2.12. The van der Waals surface area contributed by atoms with E-state index in [0.29, 0.717) is 16.7 Å². The Morgan fingerprint density at radius 2 is 2.07 bits per heavy atom. The average Bonchev–Trinajstić information content (AvgIpc) is 3.25. The molecule has 5 rings (SSSR count). The fourth-order valence-electron chi connectivity index (χ4n) is 3.23. The zero-order chi connectivity index (χ0) is 20.0. The number of hydrogen-bond donors (Lipinski definition) is 2. The molecule has 0 bridgehead atoms. The van der Waals surface area contributed by atoms with Gasteiger partial charge < -0.3 is 10.8 Å². The van der Waals surface area contributed by atoms with Crippen LogP contribution in [0.15, 0.2) is 42.0 Å². The highest BCUT2D eigenvalue weighted by molar-refractivity contribution is 7.09. The number of nitrogens with zero attached hydrogens (tertiary/aromatic N) is 5. The van der Waals surface area contributed by atoms with Crippen LogP contribution in [-0.2, 0) is 5.60 Å². The van der Waals surface area contributed by atoms with Crippen LogP contribution in [0.4, 0.5) is 5.95 Å². The van der Waals surface area contributed by atoms with Crippen molar-refractivity contribution in [1.82, 2.24) is 24.5 Å². The van der Waals surface area contributed by atoms with Gasteiger partial charge in [0.05, 0.1) is 11.0 Å². The lowest BCUT2D eigenvalue weighted by atomic mass is 10.1. The van der Waals surface area contributed by atoms with Gasteiger partial charge in [-0.05, 0) is 44.0 Å². The maximum Gasteiger partial charge on any atom is 0.221 e. The van der Waals surface area contributed by atoms with Crippen LogP contribution < -0.4 is 5.73 Å². The van der Waals surface area contributed by atoms with Crippen molar-refractivity contribution in [3.63, 3.8) is 0 Å². The summed E-state index contributed by atoms with van der Waals surface area (Å²) in [6.45, 7) is 1.65. The van der Waals surface area contributed by atoms with Gasteiger partial charge in [-0.15, -0.1) is 11.3 Å². The maximum atomic E-state index is 10.6. The minimum atomic E-state index is -1.30. The minimum absolute atomic E-state index is 0.224. The van der Waals surface area contributed by atoms with E-state index in [1.54, 1.807) is 19.3 Å². The van der Waals surface area contributed by atoms with Crippen LogP contribution in [0.3, 0.4) is 0 Å². The molecule has 1 atom stereocenters. The first kappa shape index (κ1) is 17.8. The molecule has 29 heavy (non-hydrogen) atoms. The topological polar surface area (TPSA) is 103 Å². The summed E-state index contributed by atoms with van der Waals surface area (Å²) in [6.07, 6.45) is 5.54. The molecule has 1 aliphatic rings. The SMILES string of the molecule is C[C@@](O)(C#Cc1ccc2nc(C3CC3)n(-c3ccnc(N)n3)c2c1)c1nccs1. The minimum Gasteiger partial charge on any atom is -0.371 e. The van der Waals surface area contributed by atoms with Crippen LogP contribution in [0, 0.1) is 11.8 Å². The van der Waals surface area contributed by atoms with Crippen LogP contribution in [0.1, 0.15) is 42.1 Å². The van der Waals surface area contributed by atoms with E-state index in [1.165, 1.54) is 11.3 Å². The standard InChI is InChI=1S/C21H18N6OS/c1-21(28,19-23-10-11-29-19)8-6-13-2-5-15-16(12-13)27(18(25-15)14-3-4-14)17-7-9-24-20(22)26-17/h2,5,7,9-12,14,28H,3-4H2,1H3,(H2,22,24,26)/t21-/m1/s1. The largest absolute Gasteiger partial charge is 0.371 e. The molecule has 144 valence electrons. The van der Waals surface area contributed by atoms with Crippen molar-refractivity contribution in [3.05, 3.63) is 58.4 Å². The third-order valence-corrected chi connectivity index (χ3v) is 5.79. The smallest absolute Gasteiger partial charge is 0.221 e. The Balaban J connectivity index is 1.62. The highest BCUT2D eigenvalue weighted by atomic mass is 32.1. The molecular formula is C21H18N6OS. The fourth-order valence-corrected chi connectivity index (χ4v) is 3.88. The maximum absolute atomic E-state index is 10.6. The first-order valence-corrected chi connectivity index (χ1v) is 10.2. The summed E-state index contributed by atoms with van der Waals surface area (Å²) >= 11 is 1.38. The Bertz CT molecular complexity index is 1260. The summed E-state index contributed by atoms with van der Waals surface area (Å²) in [5, 5.41) is 13.0. The molecule has 3 N–H and O–H groups in total. The van der Waals surface area contributed by atoms with Crippen molar-refractivity contribution in [3.8, 4) is 17.7 Å². The van der Waals surface area contributed by atoms with E-state index in [2.05, 4.69) is 26.8 Å². The number of nitrogen functional groups attached to an aromatic ring is 1. The summed E-state index contributed by atoms with van der Waals surface area (Å²) in [5.41, 5.74) is 7.07. The zero-order valence-corrected chi connectivity index (χ0v) is 16.5. The van der Waals surface area contributed by atoms with Gasteiger partial charge in [-0.25, -0.2) is 15.0 Å². The summed E-state index contributed by atoms with van der Waals surface area (Å²) in [6, 6.07) is 7.66. The first-order valence-electron chi connectivity index (χ1n) is 9.28. The summed E-state index contributed by atoms with van der Waals surface area (Å²) in [7, 11) is 0. The molecule has 1 fully saturated rings. The number of nitrogens with two attached hydrogens (primary N) is 1. The van der Waals surface area contributed by atoms with Crippen LogP contribution in [0.5, 0.6) is 0 Å². The average molecular weight is 402 g/mol. The van der Waals surface area contributed by atoms with Gasteiger partial charge in [0.2, 0.25) is 5.95 Å². The van der Waals surface area contributed by atoms with Crippen LogP contribution in [0.25, 0.3) is 16.9 Å². The Kier molecular flexibility index (Phi) is 4.08. The van der Waals surface area contributed by atoms with Gasteiger partial charge >= 0.3 is 0 Å². The third-order valence-electron chi connectivity index (χ3n) is 4.81. The van der Waals surface area contributed by atoms with Gasteiger partial charge in [0.25, 0.3) is 0 Å². The highest BCUT2D eigenvalue weighted by Crippen LogP contribution is 2.41. The summed E-state index contributed by atoms with van der Waals surface area (Å²) in [4.78, 5) is 17.4.